The summed E-state index contributed by atoms with van der Waals surface area (Å²) in [5.74, 6) is -0.880. The summed E-state index contributed by atoms with van der Waals surface area (Å²) < 4.78 is 0. The summed E-state index contributed by atoms with van der Waals surface area (Å²) in [7, 11) is 0. The molecule has 3 N–H and O–H groups in total. The van der Waals surface area contributed by atoms with Crippen molar-refractivity contribution < 1.29 is 14.7 Å². The van der Waals surface area contributed by atoms with Crippen LogP contribution >= 0.6 is 0 Å². The zero-order valence-electron chi connectivity index (χ0n) is 12.4. The summed E-state index contributed by atoms with van der Waals surface area (Å²) >= 11 is 0. The first kappa shape index (κ1) is 17.7. The van der Waals surface area contributed by atoms with Gasteiger partial charge in [0.25, 0.3) is 0 Å². The van der Waals surface area contributed by atoms with Gasteiger partial charge in [0.05, 0.1) is 6.42 Å². The molecule has 0 aromatic heterocycles. The fraction of sp³-hybridized carbons (Fsp3) is 0.857. The van der Waals surface area contributed by atoms with Gasteiger partial charge >= 0.3 is 12.0 Å². The van der Waals surface area contributed by atoms with Crippen LogP contribution in [-0.4, -0.2) is 29.2 Å². The Hall–Kier alpha value is -1.26. The van der Waals surface area contributed by atoms with Crippen LogP contribution in [0.3, 0.4) is 0 Å². The average Bonchev–Trinajstić information content (AvgIpc) is 2.28. The smallest absolute Gasteiger partial charge is 0.315 e. The summed E-state index contributed by atoms with van der Waals surface area (Å²) in [6.45, 7) is 6.09. The van der Waals surface area contributed by atoms with Crippen molar-refractivity contribution in [2.45, 2.75) is 77.8 Å². The third-order valence-electron chi connectivity index (χ3n) is 3.01. The molecule has 5 heteroatoms. The predicted octanol–water partition coefficient (Wildman–Crippen LogP) is 2.90. The Balaban J connectivity index is 3.99. The molecule has 0 bridgehead atoms. The van der Waals surface area contributed by atoms with Gasteiger partial charge < -0.3 is 15.7 Å². The number of amides is 2. The normalized spacial score (nSPS) is 13.6. The van der Waals surface area contributed by atoms with Gasteiger partial charge in [-0.15, -0.1) is 0 Å². The van der Waals surface area contributed by atoms with E-state index in [2.05, 4.69) is 17.6 Å². The summed E-state index contributed by atoms with van der Waals surface area (Å²) in [5.41, 5.74) is 0. The van der Waals surface area contributed by atoms with Gasteiger partial charge in [-0.05, 0) is 19.8 Å². The number of carboxylic acid groups (broad SMARTS) is 1. The van der Waals surface area contributed by atoms with E-state index in [9.17, 15) is 9.59 Å². The van der Waals surface area contributed by atoms with Gasteiger partial charge in [0.1, 0.15) is 0 Å². The first-order valence-electron chi connectivity index (χ1n) is 7.28. The fourth-order valence-corrected chi connectivity index (χ4v) is 2.01. The highest BCUT2D eigenvalue weighted by Gasteiger charge is 2.15. The third kappa shape index (κ3) is 10.4. The summed E-state index contributed by atoms with van der Waals surface area (Å²) in [6.07, 6.45) is 5.91. The monoisotopic (exact) mass is 272 g/mol. The Bertz CT molecular complexity index is 269. The Morgan fingerprint density at radius 2 is 1.74 bits per heavy atom. The number of carbonyl (C=O) groups excluding carboxylic acids is 1. The highest BCUT2D eigenvalue weighted by atomic mass is 16.4. The summed E-state index contributed by atoms with van der Waals surface area (Å²) in [5, 5.41) is 14.4. The second-order valence-electron chi connectivity index (χ2n) is 5.10. The number of urea groups is 1. The molecule has 0 aromatic rings. The Morgan fingerprint density at radius 1 is 1.05 bits per heavy atom. The topological polar surface area (TPSA) is 78.4 Å². The van der Waals surface area contributed by atoms with Crippen LogP contribution in [0, 0.1) is 0 Å². The zero-order valence-corrected chi connectivity index (χ0v) is 12.4. The largest absolute Gasteiger partial charge is 0.481 e. The van der Waals surface area contributed by atoms with Gasteiger partial charge in [0, 0.05) is 12.1 Å². The molecule has 2 unspecified atom stereocenters. The van der Waals surface area contributed by atoms with Crippen molar-refractivity contribution in [3.8, 4) is 0 Å². The number of aliphatic carboxylic acids is 1. The van der Waals surface area contributed by atoms with Crippen LogP contribution in [0.5, 0.6) is 0 Å². The SMILES string of the molecule is CCCCCC(C)NC(=O)NC(CCC)CC(=O)O. The molecule has 2 atom stereocenters. The van der Waals surface area contributed by atoms with Crippen molar-refractivity contribution in [1.82, 2.24) is 10.6 Å². The van der Waals surface area contributed by atoms with Crippen LogP contribution in [0.15, 0.2) is 0 Å². The molecule has 0 aliphatic carbocycles. The fourth-order valence-electron chi connectivity index (χ4n) is 2.01. The van der Waals surface area contributed by atoms with Gasteiger partial charge in [-0.2, -0.15) is 0 Å². The lowest BCUT2D eigenvalue weighted by Gasteiger charge is -2.19. The van der Waals surface area contributed by atoms with Gasteiger partial charge in [0.2, 0.25) is 0 Å². The van der Waals surface area contributed by atoms with Crippen LogP contribution < -0.4 is 10.6 Å². The standard InChI is InChI=1S/C14H28N2O3/c1-4-6-7-9-11(3)15-14(19)16-12(8-5-2)10-13(17)18/h11-12H,4-10H2,1-3H3,(H,17,18)(H2,15,16,19). The highest BCUT2D eigenvalue weighted by Crippen LogP contribution is 2.04. The second kappa shape index (κ2) is 10.6. The molecule has 0 saturated heterocycles. The molecule has 112 valence electrons. The van der Waals surface area contributed by atoms with Crippen LogP contribution in [0.25, 0.3) is 0 Å². The molecule has 0 aliphatic heterocycles. The molecular weight excluding hydrogens is 244 g/mol. The lowest BCUT2D eigenvalue weighted by atomic mass is 10.1. The van der Waals surface area contributed by atoms with Crippen LogP contribution in [0.4, 0.5) is 4.79 Å². The van der Waals surface area contributed by atoms with E-state index in [0.29, 0.717) is 6.42 Å². The molecule has 0 fully saturated rings. The van der Waals surface area contributed by atoms with Gasteiger partial charge in [-0.3, -0.25) is 4.79 Å². The minimum absolute atomic E-state index is 0.0223. The molecule has 0 heterocycles. The molecule has 0 spiro atoms. The number of hydrogen-bond acceptors (Lipinski definition) is 2. The van der Waals surface area contributed by atoms with E-state index >= 15 is 0 Å². The number of unbranched alkanes of at least 4 members (excludes halogenated alkanes) is 2. The van der Waals surface area contributed by atoms with Crippen molar-refractivity contribution in [1.29, 1.82) is 0 Å². The van der Waals surface area contributed by atoms with Gasteiger partial charge in [0.15, 0.2) is 0 Å². The van der Waals surface area contributed by atoms with E-state index in [4.69, 9.17) is 5.11 Å². The number of carbonyl (C=O) groups is 2. The van der Waals surface area contributed by atoms with Crippen molar-refractivity contribution in [2.75, 3.05) is 0 Å². The Morgan fingerprint density at radius 3 is 2.26 bits per heavy atom. The van der Waals surface area contributed by atoms with Gasteiger partial charge in [-0.1, -0.05) is 39.5 Å². The van der Waals surface area contributed by atoms with E-state index in [1.807, 2.05) is 13.8 Å². The summed E-state index contributed by atoms with van der Waals surface area (Å²) in [6, 6.07) is -0.423. The Labute approximate surface area is 116 Å². The zero-order chi connectivity index (χ0) is 14.7. The van der Waals surface area contributed by atoms with Crippen LogP contribution in [0.1, 0.15) is 65.7 Å². The average molecular weight is 272 g/mol. The van der Waals surface area contributed by atoms with Gasteiger partial charge in [-0.25, -0.2) is 4.79 Å². The molecular formula is C14H28N2O3. The van der Waals surface area contributed by atoms with Crippen molar-refractivity contribution >= 4 is 12.0 Å². The molecule has 2 amide bonds. The molecule has 0 radical (unpaired) electrons. The minimum Gasteiger partial charge on any atom is -0.481 e. The number of hydrogen-bond donors (Lipinski definition) is 3. The van der Waals surface area contributed by atoms with E-state index in [1.54, 1.807) is 0 Å². The van der Waals surface area contributed by atoms with E-state index in [-0.39, 0.29) is 24.5 Å². The maximum absolute atomic E-state index is 11.7. The maximum Gasteiger partial charge on any atom is 0.315 e. The quantitative estimate of drug-likeness (QED) is 0.535. The van der Waals surface area contributed by atoms with E-state index < -0.39 is 5.97 Å². The molecule has 5 nitrogen and oxygen atoms in total. The Kier molecular flexibility index (Phi) is 9.94. The first-order valence-corrected chi connectivity index (χ1v) is 7.28. The number of carboxylic acids is 1. The molecule has 0 aromatic carbocycles. The van der Waals surface area contributed by atoms with Crippen LogP contribution in [0.2, 0.25) is 0 Å². The molecule has 0 aliphatic rings. The molecule has 0 rings (SSSR count). The highest BCUT2D eigenvalue weighted by molar-refractivity contribution is 5.75. The summed E-state index contributed by atoms with van der Waals surface area (Å²) in [4.78, 5) is 22.4. The lowest BCUT2D eigenvalue weighted by molar-refractivity contribution is -0.137. The number of rotatable bonds is 10. The lowest BCUT2D eigenvalue weighted by Crippen LogP contribution is -2.46. The predicted molar refractivity (Wildman–Crippen MR) is 76.2 cm³/mol. The van der Waals surface area contributed by atoms with Crippen molar-refractivity contribution in [3.05, 3.63) is 0 Å². The van der Waals surface area contributed by atoms with E-state index in [0.717, 1.165) is 25.7 Å². The minimum atomic E-state index is -0.880. The van der Waals surface area contributed by atoms with E-state index in [1.165, 1.54) is 6.42 Å². The maximum atomic E-state index is 11.7. The third-order valence-corrected chi connectivity index (χ3v) is 3.01. The first-order chi connectivity index (χ1) is 8.99. The molecule has 0 saturated carbocycles. The number of nitrogens with one attached hydrogen (secondary N) is 2. The molecule has 19 heavy (non-hydrogen) atoms. The van der Waals surface area contributed by atoms with Crippen molar-refractivity contribution in [3.63, 3.8) is 0 Å². The second-order valence-corrected chi connectivity index (χ2v) is 5.10. The van der Waals surface area contributed by atoms with Crippen molar-refractivity contribution in [2.24, 2.45) is 0 Å². The van der Waals surface area contributed by atoms with Crippen LogP contribution in [-0.2, 0) is 4.79 Å².